The zero-order valence-electron chi connectivity index (χ0n) is 12.3. The van der Waals surface area contributed by atoms with Crippen molar-refractivity contribution in [2.24, 2.45) is 0 Å². The van der Waals surface area contributed by atoms with Crippen molar-refractivity contribution in [3.8, 4) is 0 Å². The van der Waals surface area contributed by atoms with Crippen molar-refractivity contribution in [2.75, 3.05) is 18.4 Å². The quantitative estimate of drug-likeness (QED) is 0.750. The summed E-state index contributed by atoms with van der Waals surface area (Å²) in [6.07, 6.45) is -4.60. The standard InChI is InChI=1S/C15H21F3N2O/c1-3-19-13-7-6-11(2)10-12(13)14(21)20-9-5-4-8-15(16,17)18/h6-7,10,19H,3-5,8-9H2,1-2H3,(H,20,21). The average Bonchev–Trinajstić information content (AvgIpc) is 2.39. The second-order valence-electron chi connectivity index (χ2n) is 4.91. The van der Waals surface area contributed by atoms with Crippen LogP contribution in [0.1, 0.15) is 42.1 Å². The molecule has 0 unspecified atom stereocenters. The zero-order valence-corrected chi connectivity index (χ0v) is 12.3. The summed E-state index contributed by atoms with van der Waals surface area (Å²) < 4.78 is 36.0. The highest BCUT2D eigenvalue weighted by molar-refractivity contribution is 5.99. The molecule has 1 rings (SSSR count). The van der Waals surface area contributed by atoms with E-state index in [1.807, 2.05) is 26.0 Å². The fraction of sp³-hybridized carbons (Fsp3) is 0.533. The van der Waals surface area contributed by atoms with Gasteiger partial charge in [-0.05, 0) is 38.8 Å². The molecule has 0 aliphatic heterocycles. The molecule has 6 heteroatoms. The third kappa shape index (κ3) is 6.51. The summed E-state index contributed by atoms with van der Waals surface area (Å²) in [7, 11) is 0. The summed E-state index contributed by atoms with van der Waals surface area (Å²) in [5.74, 6) is -0.262. The Kier molecular flexibility index (Phi) is 6.52. The van der Waals surface area contributed by atoms with Gasteiger partial charge in [-0.2, -0.15) is 13.2 Å². The molecule has 0 saturated carbocycles. The van der Waals surface area contributed by atoms with Crippen LogP contribution in [0.2, 0.25) is 0 Å². The third-order valence-corrected chi connectivity index (χ3v) is 2.96. The lowest BCUT2D eigenvalue weighted by atomic mass is 10.1. The predicted octanol–water partition coefficient (Wildman–Crippen LogP) is 3.89. The maximum absolute atomic E-state index is 12.1. The van der Waals surface area contributed by atoms with Gasteiger partial charge in [0.15, 0.2) is 0 Å². The topological polar surface area (TPSA) is 41.1 Å². The number of carbonyl (C=O) groups excluding carboxylic acids is 1. The SMILES string of the molecule is CCNc1ccc(C)cc1C(=O)NCCCCC(F)(F)F. The van der Waals surface area contributed by atoms with E-state index in [9.17, 15) is 18.0 Å². The highest BCUT2D eigenvalue weighted by Gasteiger charge is 2.25. The van der Waals surface area contributed by atoms with Crippen molar-refractivity contribution in [3.63, 3.8) is 0 Å². The van der Waals surface area contributed by atoms with Crippen LogP contribution >= 0.6 is 0 Å². The van der Waals surface area contributed by atoms with Crippen LogP contribution in [0.4, 0.5) is 18.9 Å². The van der Waals surface area contributed by atoms with E-state index in [1.165, 1.54) is 0 Å². The molecule has 0 aliphatic carbocycles. The number of halogens is 3. The highest BCUT2D eigenvalue weighted by atomic mass is 19.4. The number of hydrogen-bond acceptors (Lipinski definition) is 2. The summed E-state index contributed by atoms with van der Waals surface area (Å²) in [6.45, 7) is 4.75. The first-order valence-electron chi connectivity index (χ1n) is 7.03. The van der Waals surface area contributed by atoms with Crippen LogP contribution in [0.25, 0.3) is 0 Å². The van der Waals surface area contributed by atoms with Crippen LogP contribution in [0.3, 0.4) is 0 Å². The minimum absolute atomic E-state index is 0.0255. The monoisotopic (exact) mass is 302 g/mol. The Morgan fingerprint density at radius 2 is 1.95 bits per heavy atom. The minimum atomic E-state index is -4.13. The number of hydrogen-bond donors (Lipinski definition) is 2. The average molecular weight is 302 g/mol. The smallest absolute Gasteiger partial charge is 0.385 e. The molecule has 0 heterocycles. The number of rotatable bonds is 7. The van der Waals surface area contributed by atoms with Crippen LogP contribution in [-0.2, 0) is 0 Å². The van der Waals surface area contributed by atoms with Crippen molar-refractivity contribution in [1.29, 1.82) is 0 Å². The first-order chi connectivity index (χ1) is 9.83. The maximum Gasteiger partial charge on any atom is 0.389 e. The van der Waals surface area contributed by atoms with E-state index in [0.717, 1.165) is 11.3 Å². The Morgan fingerprint density at radius 3 is 2.57 bits per heavy atom. The maximum atomic E-state index is 12.1. The summed E-state index contributed by atoms with van der Waals surface area (Å²) in [6, 6.07) is 5.50. The lowest BCUT2D eigenvalue weighted by Gasteiger charge is -2.12. The molecule has 0 radical (unpaired) electrons. The number of alkyl halides is 3. The molecule has 0 aromatic heterocycles. The van der Waals surface area contributed by atoms with Gasteiger partial charge < -0.3 is 10.6 Å². The zero-order chi connectivity index (χ0) is 15.9. The normalized spacial score (nSPS) is 11.3. The Morgan fingerprint density at radius 1 is 1.24 bits per heavy atom. The molecule has 1 aromatic carbocycles. The lowest BCUT2D eigenvalue weighted by molar-refractivity contribution is -0.135. The van der Waals surface area contributed by atoms with Gasteiger partial charge in [-0.25, -0.2) is 0 Å². The summed E-state index contributed by atoms with van der Waals surface area (Å²) >= 11 is 0. The molecule has 3 nitrogen and oxygen atoms in total. The second kappa shape index (κ2) is 7.90. The summed E-state index contributed by atoms with van der Waals surface area (Å²) in [4.78, 5) is 12.1. The molecule has 0 bridgehead atoms. The molecule has 0 spiro atoms. The van der Waals surface area contributed by atoms with Gasteiger partial charge in [-0.15, -0.1) is 0 Å². The number of amides is 1. The molecule has 2 N–H and O–H groups in total. The molecule has 0 atom stereocenters. The van der Waals surface area contributed by atoms with E-state index >= 15 is 0 Å². The van der Waals surface area contributed by atoms with Gasteiger partial charge in [-0.3, -0.25) is 4.79 Å². The molecule has 0 saturated heterocycles. The van der Waals surface area contributed by atoms with E-state index < -0.39 is 12.6 Å². The van der Waals surface area contributed by atoms with Crippen LogP contribution in [0.15, 0.2) is 18.2 Å². The number of benzene rings is 1. The van der Waals surface area contributed by atoms with Crippen molar-refractivity contribution in [3.05, 3.63) is 29.3 Å². The molecule has 21 heavy (non-hydrogen) atoms. The number of aryl methyl sites for hydroxylation is 1. The Balaban J connectivity index is 2.50. The van der Waals surface area contributed by atoms with Crippen LogP contribution in [0, 0.1) is 6.92 Å². The van der Waals surface area contributed by atoms with E-state index in [4.69, 9.17) is 0 Å². The number of nitrogens with one attached hydrogen (secondary N) is 2. The summed E-state index contributed by atoms with van der Waals surface area (Å²) in [5, 5.41) is 5.76. The second-order valence-corrected chi connectivity index (χ2v) is 4.91. The van der Waals surface area contributed by atoms with E-state index in [0.29, 0.717) is 18.5 Å². The molecule has 1 amide bonds. The van der Waals surface area contributed by atoms with Crippen molar-refractivity contribution in [1.82, 2.24) is 5.32 Å². The first kappa shape index (κ1) is 17.3. The molecule has 0 aliphatic rings. The van der Waals surface area contributed by atoms with Gasteiger partial charge in [-0.1, -0.05) is 11.6 Å². The molecule has 0 fully saturated rings. The van der Waals surface area contributed by atoms with Crippen LogP contribution < -0.4 is 10.6 Å². The Bertz CT molecular complexity index is 472. The third-order valence-electron chi connectivity index (χ3n) is 2.96. The minimum Gasteiger partial charge on any atom is -0.385 e. The van der Waals surface area contributed by atoms with Crippen LogP contribution in [0.5, 0.6) is 0 Å². The number of carbonyl (C=O) groups is 1. The Hall–Kier alpha value is -1.72. The fourth-order valence-electron chi connectivity index (χ4n) is 1.94. The Labute approximate surface area is 122 Å². The van der Waals surface area contributed by atoms with Gasteiger partial charge in [0.25, 0.3) is 5.91 Å². The molecular formula is C15H21F3N2O. The van der Waals surface area contributed by atoms with E-state index in [1.54, 1.807) is 6.07 Å². The van der Waals surface area contributed by atoms with Gasteiger partial charge in [0.2, 0.25) is 0 Å². The van der Waals surface area contributed by atoms with Crippen LogP contribution in [-0.4, -0.2) is 25.2 Å². The molecule has 118 valence electrons. The first-order valence-corrected chi connectivity index (χ1v) is 7.03. The highest BCUT2D eigenvalue weighted by Crippen LogP contribution is 2.22. The van der Waals surface area contributed by atoms with Gasteiger partial charge in [0, 0.05) is 25.2 Å². The number of unbranched alkanes of at least 4 members (excludes halogenated alkanes) is 1. The van der Waals surface area contributed by atoms with Gasteiger partial charge in [0.1, 0.15) is 0 Å². The van der Waals surface area contributed by atoms with Crippen molar-refractivity contribution >= 4 is 11.6 Å². The van der Waals surface area contributed by atoms with Crippen molar-refractivity contribution < 1.29 is 18.0 Å². The van der Waals surface area contributed by atoms with E-state index in [2.05, 4.69) is 10.6 Å². The molecular weight excluding hydrogens is 281 g/mol. The van der Waals surface area contributed by atoms with Crippen molar-refractivity contribution in [2.45, 2.75) is 39.3 Å². The van der Waals surface area contributed by atoms with Gasteiger partial charge >= 0.3 is 6.18 Å². The summed E-state index contributed by atoms with van der Waals surface area (Å²) in [5.41, 5.74) is 2.21. The van der Waals surface area contributed by atoms with Gasteiger partial charge in [0.05, 0.1) is 5.56 Å². The largest absolute Gasteiger partial charge is 0.389 e. The fourth-order valence-corrected chi connectivity index (χ4v) is 1.94. The van der Waals surface area contributed by atoms with E-state index in [-0.39, 0.29) is 18.9 Å². The number of anilines is 1. The molecule has 1 aromatic rings. The predicted molar refractivity (Wildman–Crippen MR) is 77.6 cm³/mol. The lowest BCUT2D eigenvalue weighted by Crippen LogP contribution is -2.25.